The van der Waals surface area contributed by atoms with Crippen LogP contribution in [0.5, 0.6) is 11.5 Å². The predicted molar refractivity (Wildman–Crippen MR) is 100 cm³/mol. The molecule has 1 N–H and O–H groups in total. The molecule has 2 fully saturated rings. The quantitative estimate of drug-likeness (QED) is 0.832. The average molecular weight is 398 g/mol. The van der Waals surface area contributed by atoms with Crippen molar-refractivity contribution < 1.29 is 24.2 Å². The highest BCUT2D eigenvalue weighted by Gasteiger charge is 2.47. The lowest BCUT2D eigenvalue weighted by atomic mass is 9.92. The zero-order valence-corrected chi connectivity index (χ0v) is 16.1. The van der Waals surface area contributed by atoms with Crippen molar-refractivity contribution >= 4 is 11.9 Å². The van der Waals surface area contributed by atoms with E-state index in [-0.39, 0.29) is 24.1 Å². The Morgan fingerprint density at radius 3 is 2.62 bits per heavy atom. The number of carboxylic acid groups (broad SMARTS) is 1. The van der Waals surface area contributed by atoms with Crippen LogP contribution < -0.4 is 9.47 Å². The number of likely N-dealkylation sites (tertiary alicyclic amines) is 1. The van der Waals surface area contributed by atoms with Crippen LogP contribution in [0.4, 0.5) is 0 Å². The molecule has 1 saturated carbocycles. The summed E-state index contributed by atoms with van der Waals surface area (Å²) >= 11 is 0. The zero-order chi connectivity index (χ0) is 20.1. The molecule has 1 aromatic carbocycles. The predicted octanol–water partition coefficient (Wildman–Crippen LogP) is 1.53. The summed E-state index contributed by atoms with van der Waals surface area (Å²) in [6, 6.07) is 5.46. The van der Waals surface area contributed by atoms with Gasteiger partial charge in [0.25, 0.3) is 5.91 Å². The zero-order valence-electron chi connectivity index (χ0n) is 16.1. The molecule has 29 heavy (non-hydrogen) atoms. The molecule has 9 nitrogen and oxygen atoms in total. The molecule has 0 bridgehead atoms. The summed E-state index contributed by atoms with van der Waals surface area (Å²) in [6.07, 6.45) is 2.10. The maximum Gasteiger partial charge on any atom is 0.308 e. The van der Waals surface area contributed by atoms with Crippen molar-refractivity contribution in [1.82, 2.24) is 19.9 Å². The smallest absolute Gasteiger partial charge is 0.308 e. The Morgan fingerprint density at radius 2 is 1.90 bits per heavy atom. The molecule has 3 aliphatic rings. The number of benzene rings is 1. The molecule has 1 aliphatic carbocycles. The van der Waals surface area contributed by atoms with Crippen LogP contribution >= 0.6 is 0 Å². The number of carbonyl (C=O) groups excluding carboxylic acids is 1. The Hall–Kier alpha value is -3.10. The molecule has 1 aromatic heterocycles. The summed E-state index contributed by atoms with van der Waals surface area (Å²) in [5, 5.41) is 17.8. The van der Waals surface area contributed by atoms with E-state index < -0.39 is 11.9 Å². The van der Waals surface area contributed by atoms with Crippen LogP contribution in [0, 0.1) is 24.7 Å². The molecule has 2 atom stereocenters. The van der Waals surface area contributed by atoms with Gasteiger partial charge in [0.15, 0.2) is 17.2 Å². The van der Waals surface area contributed by atoms with Crippen LogP contribution in [0.2, 0.25) is 0 Å². The first-order chi connectivity index (χ1) is 14.0. The topological polar surface area (TPSA) is 107 Å². The Balaban J connectivity index is 1.39. The van der Waals surface area contributed by atoms with Crippen LogP contribution in [0.25, 0.3) is 5.69 Å². The highest BCUT2D eigenvalue weighted by Crippen LogP contribution is 2.44. The van der Waals surface area contributed by atoms with Gasteiger partial charge in [0.1, 0.15) is 13.2 Å². The second-order valence-electron chi connectivity index (χ2n) is 7.92. The number of carbonyl (C=O) groups is 2. The second kappa shape index (κ2) is 6.75. The molecule has 0 radical (unpaired) electrons. The number of nitrogens with zero attached hydrogens (tertiary/aromatic N) is 4. The van der Waals surface area contributed by atoms with Crippen LogP contribution in [0.3, 0.4) is 0 Å². The van der Waals surface area contributed by atoms with Gasteiger partial charge in [-0.1, -0.05) is 5.21 Å². The molecule has 2 aromatic rings. The fourth-order valence-electron chi connectivity index (χ4n) is 4.34. The third-order valence-electron chi connectivity index (χ3n) is 6.06. The van der Waals surface area contributed by atoms with E-state index in [4.69, 9.17) is 9.47 Å². The first kappa shape index (κ1) is 18.0. The van der Waals surface area contributed by atoms with Gasteiger partial charge < -0.3 is 19.5 Å². The van der Waals surface area contributed by atoms with Crippen LogP contribution in [0.1, 0.15) is 29.0 Å². The minimum atomic E-state index is -0.825. The minimum absolute atomic E-state index is 0.0320. The van der Waals surface area contributed by atoms with E-state index in [9.17, 15) is 14.7 Å². The lowest BCUT2D eigenvalue weighted by Gasteiger charge is -2.19. The number of rotatable bonds is 4. The van der Waals surface area contributed by atoms with Gasteiger partial charge in [0.2, 0.25) is 0 Å². The van der Waals surface area contributed by atoms with Gasteiger partial charge in [-0.25, -0.2) is 4.68 Å². The normalized spacial score (nSPS) is 23.3. The molecule has 1 saturated heterocycles. The molecule has 1 amide bonds. The van der Waals surface area contributed by atoms with Crippen LogP contribution in [-0.4, -0.2) is 63.2 Å². The molecule has 152 valence electrons. The van der Waals surface area contributed by atoms with E-state index >= 15 is 0 Å². The fraction of sp³-hybridized carbons (Fsp3) is 0.500. The second-order valence-corrected chi connectivity index (χ2v) is 7.92. The summed E-state index contributed by atoms with van der Waals surface area (Å²) < 4.78 is 12.8. The SMILES string of the molecule is Cc1c(C(=O)N2C[C@H](C(=O)O)[C@@H](C3CC3)C2)nnn1-c1ccc2c(c1)OCCO2. The van der Waals surface area contributed by atoms with E-state index in [1.54, 1.807) is 16.5 Å². The molecule has 9 heteroatoms. The van der Waals surface area contributed by atoms with Crippen molar-refractivity contribution in [2.24, 2.45) is 17.8 Å². The van der Waals surface area contributed by atoms with E-state index in [0.29, 0.717) is 42.9 Å². The monoisotopic (exact) mass is 398 g/mol. The van der Waals surface area contributed by atoms with Gasteiger partial charge in [-0.05, 0) is 43.7 Å². The molecule has 5 rings (SSSR count). The standard InChI is InChI=1S/C20H22N4O5/c1-11-18(19(25)23-9-14(12-2-3-12)15(10-23)20(26)27)21-22-24(11)13-4-5-16-17(8-13)29-7-6-28-16/h4-5,8,12,14-15H,2-3,6-7,9-10H2,1H3,(H,26,27)/t14-,15+/m1/s1. The summed E-state index contributed by atoms with van der Waals surface area (Å²) in [6.45, 7) is 3.48. The molecule has 2 aliphatic heterocycles. The molecule has 0 unspecified atom stereocenters. The highest BCUT2D eigenvalue weighted by atomic mass is 16.6. The van der Waals surface area contributed by atoms with Crippen molar-refractivity contribution in [3.63, 3.8) is 0 Å². The minimum Gasteiger partial charge on any atom is -0.486 e. The van der Waals surface area contributed by atoms with E-state index in [2.05, 4.69) is 10.3 Å². The lowest BCUT2D eigenvalue weighted by molar-refractivity contribution is -0.142. The van der Waals surface area contributed by atoms with Gasteiger partial charge in [0.05, 0.1) is 17.3 Å². The van der Waals surface area contributed by atoms with Gasteiger partial charge in [-0.2, -0.15) is 0 Å². The Bertz CT molecular complexity index is 983. The lowest BCUT2D eigenvalue weighted by Crippen LogP contribution is -2.30. The summed E-state index contributed by atoms with van der Waals surface area (Å²) in [4.78, 5) is 26.3. The molecular weight excluding hydrogens is 376 g/mol. The molecule has 0 spiro atoms. The van der Waals surface area contributed by atoms with Gasteiger partial charge in [-0.15, -0.1) is 5.10 Å². The Morgan fingerprint density at radius 1 is 1.14 bits per heavy atom. The van der Waals surface area contributed by atoms with Crippen molar-refractivity contribution in [3.05, 3.63) is 29.6 Å². The van der Waals surface area contributed by atoms with E-state index in [1.165, 1.54) is 0 Å². The van der Waals surface area contributed by atoms with Crippen molar-refractivity contribution in [1.29, 1.82) is 0 Å². The van der Waals surface area contributed by atoms with Gasteiger partial charge >= 0.3 is 5.97 Å². The number of aliphatic carboxylic acids is 1. The van der Waals surface area contributed by atoms with Crippen molar-refractivity contribution in [3.8, 4) is 17.2 Å². The largest absolute Gasteiger partial charge is 0.486 e. The van der Waals surface area contributed by atoms with E-state index in [0.717, 1.165) is 18.5 Å². The van der Waals surface area contributed by atoms with Crippen LogP contribution in [0.15, 0.2) is 18.2 Å². The maximum atomic E-state index is 13.1. The first-order valence-corrected chi connectivity index (χ1v) is 9.87. The number of fused-ring (bicyclic) bond motifs is 1. The van der Waals surface area contributed by atoms with Crippen molar-refractivity contribution in [2.75, 3.05) is 26.3 Å². The number of hydrogen-bond acceptors (Lipinski definition) is 6. The summed E-state index contributed by atoms with van der Waals surface area (Å²) in [5.41, 5.74) is 1.58. The number of ether oxygens (including phenoxy) is 2. The third kappa shape index (κ3) is 3.10. The summed E-state index contributed by atoms with van der Waals surface area (Å²) in [5.74, 6) is 0.173. The van der Waals surface area contributed by atoms with Gasteiger partial charge in [0, 0.05) is 19.2 Å². The van der Waals surface area contributed by atoms with E-state index in [1.807, 2.05) is 18.2 Å². The number of carboxylic acids is 1. The number of aromatic nitrogens is 3. The first-order valence-electron chi connectivity index (χ1n) is 9.87. The maximum absolute atomic E-state index is 13.1. The van der Waals surface area contributed by atoms with Crippen LogP contribution in [-0.2, 0) is 4.79 Å². The third-order valence-corrected chi connectivity index (χ3v) is 6.06. The number of hydrogen-bond donors (Lipinski definition) is 1. The highest BCUT2D eigenvalue weighted by molar-refractivity contribution is 5.94. The van der Waals surface area contributed by atoms with Crippen molar-refractivity contribution in [2.45, 2.75) is 19.8 Å². The number of amides is 1. The average Bonchev–Trinajstić information content (AvgIpc) is 3.35. The molecular formula is C20H22N4O5. The summed E-state index contributed by atoms with van der Waals surface area (Å²) in [7, 11) is 0. The molecule has 3 heterocycles. The van der Waals surface area contributed by atoms with Gasteiger partial charge in [-0.3, -0.25) is 9.59 Å². The Kier molecular flexibility index (Phi) is 4.18. The fourth-order valence-corrected chi connectivity index (χ4v) is 4.34. The Labute approximate surface area is 167 Å².